The molecule has 90 valence electrons. The number of hydrogen-bond donors (Lipinski definition) is 1. The van der Waals surface area contributed by atoms with Crippen molar-refractivity contribution in [2.75, 3.05) is 11.9 Å². The molecule has 0 amide bonds. The van der Waals surface area contributed by atoms with Crippen LogP contribution >= 0.6 is 0 Å². The van der Waals surface area contributed by atoms with Gasteiger partial charge in [0, 0.05) is 30.7 Å². The second-order valence-corrected chi connectivity index (χ2v) is 3.97. The molecule has 0 bridgehead atoms. The highest BCUT2D eigenvalue weighted by atomic mass is 15.1. The first-order valence-corrected chi connectivity index (χ1v) is 5.82. The molecular weight excluding hydrogens is 214 g/mol. The lowest BCUT2D eigenvalue weighted by molar-refractivity contribution is 0.738. The Balaban J connectivity index is 2.13. The molecule has 0 aliphatic carbocycles. The van der Waals surface area contributed by atoms with Crippen LogP contribution in [0.4, 0.5) is 5.82 Å². The summed E-state index contributed by atoms with van der Waals surface area (Å²) in [6.45, 7) is 5.70. The van der Waals surface area contributed by atoms with Gasteiger partial charge in [0.2, 0.25) is 0 Å². The molecule has 0 saturated carbocycles. The Morgan fingerprint density at radius 1 is 1.35 bits per heavy atom. The largest absolute Gasteiger partial charge is 0.370 e. The van der Waals surface area contributed by atoms with Gasteiger partial charge in [-0.15, -0.1) is 0 Å². The van der Waals surface area contributed by atoms with Gasteiger partial charge in [-0.1, -0.05) is 6.92 Å². The van der Waals surface area contributed by atoms with Gasteiger partial charge >= 0.3 is 0 Å². The highest BCUT2D eigenvalue weighted by Gasteiger charge is 2.02. The van der Waals surface area contributed by atoms with Crippen LogP contribution in [0.2, 0.25) is 0 Å². The fourth-order valence-corrected chi connectivity index (χ4v) is 1.59. The maximum atomic E-state index is 4.48. The first kappa shape index (κ1) is 11.6. The second kappa shape index (κ2) is 5.43. The van der Waals surface area contributed by atoms with Gasteiger partial charge < -0.3 is 9.88 Å². The average molecular weight is 231 g/mol. The molecule has 0 unspecified atom stereocenters. The summed E-state index contributed by atoms with van der Waals surface area (Å²) in [5.74, 6) is 1.70. The van der Waals surface area contributed by atoms with Crippen molar-refractivity contribution in [3.05, 3.63) is 36.3 Å². The van der Waals surface area contributed by atoms with E-state index in [9.17, 15) is 0 Å². The summed E-state index contributed by atoms with van der Waals surface area (Å²) in [7, 11) is 0. The van der Waals surface area contributed by atoms with Crippen molar-refractivity contribution in [1.29, 1.82) is 0 Å². The minimum Gasteiger partial charge on any atom is -0.370 e. The normalized spacial score (nSPS) is 10.5. The lowest BCUT2D eigenvalue weighted by atomic mass is 10.4. The SMILES string of the molecule is CCCNc1cc(C)nc(Cn2ccnc2)n1. The summed E-state index contributed by atoms with van der Waals surface area (Å²) in [6.07, 6.45) is 6.52. The van der Waals surface area contributed by atoms with Gasteiger partial charge in [0.1, 0.15) is 5.82 Å². The zero-order valence-corrected chi connectivity index (χ0v) is 10.2. The lowest BCUT2D eigenvalue weighted by Gasteiger charge is -2.07. The Morgan fingerprint density at radius 2 is 2.24 bits per heavy atom. The van der Waals surface area contributed by atoms with Crippen molar-refractivity contribution >= 4 is 5.82 Å². The van der Waals surface area contributed by atoms with E-state index in [0.717, 1.165) is 30.3 Å². The van der Waals surface area contributed by atoms with Crippen molar-refractivity contribution in [2.45, 2.75) is 26.8 Å². The predicted octanol–water partition coefficient (Wildman–Crippen LogP) is 1.85. The molecule has 2 aromatic rings. The van der Waals surface area contributed by atoms with E-state index in [1.807, 2.05) is 23.8 Å². The third-order valence-electron chi connectivity index (χ3n) is 2.34. The van der Waals surface area contributed by atoms with E-state index in [-0.39, 0.29) is 0 Å². The van der Waals surface area contributed by atoms with Crippen LogP contribution in [0.25, 0.3) is 0 Å². The number of rotatable bonds is 5. The number of hydrogen-bond acceptors (Lipinski definition) is 4. The molecule has 0 aromatic carbocycles. The Hall–Kier alpha value is -1.91. The molecule has 2 rings (SSSR count). The fourth-order valence-electron chi connectivity index (χ4n) is 1.59. The van der Waals surface area contributed by atoms with E-state index in [1.165, 1.54) is 0 Å². The highest BCUT2D eigenvalue weighted by molar-refractivity contribution is 5.35. The summed E-state index contributed by atoms with van der Waals surface area (Å²) >= 11 is 0. The standard InChI is InChI=1S/C12H17N5/c1-3-4-14-11-7-10(2)15-12(16-11)8-17-6-5-13-9-17/h5-7,9H,3-4,8H2,1-2H3,(H,14,15,16). The van der Waals surface area contributed by atoms with Gasteiger partial charge in [-0.05, 0) is 13.3 Å². The Morgan fingerprint density at radius 3 is 2.94 bits per heavy atom. The minimum atomic E-state index is 0.655. The molecule has 5 heteroatoms. The zero-order chi connectivity index (χ0) is 12.1. The average Bonchev–Trinajstić information content (AvgIpc) is 2.78. The maximum Gasteiger partial charge on any atom is 0.150 e. The predicted molar refractivity (Wildman–Crippen MR) is 66.9 cm³/mol. The molecule has 17 heavy (non-hydrogen) atoms. The second-order valence-electron chi connectivity index (χ2n) is 3.97. The number of imidazole rings is 1. The van der Waals surface area contributed by atoms with Gasteiger partial charge in [0.15, 0.2) is 5.82 Å². The highest BCUT2D eigenvalue weighted by Crippen LogP contribution is 2.07. The van der Waals surface area contributed by atoms with Crippen LogP contribution in [-0.4, -0.2) is 26.1 Å². The van der Waals surface area contributed by atoms with Gasteiger partial charge in [0.25, 0.3) is 0 Å². The summed E-state index contributed by atoms with van der Waals surface area (Å²) in [4.78, 5) is 12.9. The minimum absolute atomic E-state index is 0.655. The van der Waals surface area contributed by atoms with E-state index >= 15 is 0 Å². The third-order valence-corrected chi connectivity index (χ3v) is 2.34. The molecule has 0 saturated heterocycles. The molecule has 0 aliphatic rings. The molecule has 2 aromatic heterocycles. The number of nitrogens with zero attached hydrogens (tertiary/aromatic N) is 4. The van der Waals surface area contributed by atoms with Crippen LogP contribution in [0, 0.1) is 6.92 Å². The number of aryl methyl sites for hydroxylation is 1. The van der Waals surface area contributed by atoms with E-state index in [4.69, 9.17) is 0 Å². The van der Waals surface area contributed by atoms with Gasteiger partial charge in [0.05, 0.1) is 12.9 Å². The third kappa shape index (κ3) is 3.27. The Bertz CT molecular complexity index is 464. The summed E-state index contributed by atoms with van der Waals surface area (Å²) in [5, 5.41) is 3.28. The van der Waals surface area contributed by atoms with Gasteiger partial charge in [-0.25, -0.2) is 15.0 Å². The molecule has 0 atom stereocenters. The molecule has 0 radical (unpaired) electrons. The Labute approximate surface area is 101 Å². The van der Waals surface area contributed by atoms with Crippen LogP contribution in [-0.2, 0) is 6.54 Å². The van der Waals surface area contributed by atoms with Crippen LogP contribution in [0.5, 0.6) is 0 Å². The molecule has 5 nitrogen and oxygen atoms in total. The van der Waals surface area contributed by atoms with Crippen LogP contribution in [0.15, 0.2) is 24.8 Å². The van der Waals surface area contributed by atoms with E-state index in [0.29, 0.717) is 6.54 Å². The first-order chi connectivity index (χ1) is 8.28. The summed E-state index contributed by atoms with van der Waals surface area (Å²) in [5.41, 5.74) is 0.980. The maximum absolute atomic E-state index is 4.48. The summed E-state index contributed by atoms with van der Waals surface area (Å²) in [6, 6.07) is 1.97. The smallest absolute Gasteiger partial charge is 0.150 e. The fraction of sp³-hybridized carbons (Fsp3) is 0.417. The number of aromatic nitrogens is 4. The molecular formula is C12H17N5. The molecule has 2 heterocycles. The van der Waals surface area contributed by atoms with Crippen molar-refractivity contribution in [2.24, 2.45) is 0 Å². The monoisotopic (exact) mass is 231 g/mol. The van der Waals surface area contributed by atoms with Crippen molar-refractivity contribution in [3.63, 3.8) is 0 Å². The Kier molecular flexibility index (Phi) is 3.69. The van der Waals surface area contributed by atoms with Crippen molar-refractivity contribution in [1.82, 2.24) is 19.5 Å². The van der Waals surface area contributed by atoms with E-state index < -0.39 is 0 Å². The quantitative estimate of drug-likeness (QED) is 0.853. The molecule has 1 N–H and O–H groups in total. The molecule has 0 spiro atoms. The van der Waals surface area contributed by atoms with E-state index in [1.54, 1.807) is 12.5 Å². The first-order valence-electron chi connectivity index (χ1n) is 5.82. The number of anilines is 1. The molecule has 0 fully saturated rings. The topological polar surface area (TPSA) is 55.6 Å². The summed E-state index contributed by atoms with van der Waals surface area (Å²) < 4.78 is 1.96. The van der Waals surface area contributed by atoms with E-state index in [2.05, 4.69) is 27.2 Å². The molecule has 0 aliphatic heterocycles. The van der Waals surface area contributed by atoms with Gasteiger partial charge in [-0.3, -0.25) is 0 Å². The van der Waals surface area contributed by atoms with Crippen molar-refractivity contribution < 1.29 is 0 Å². The lowest BCUT2D eigenvalue weighted by Crippen LogP contribution is -2.08. The van der Waals surface area contributed by atoms with Gasteiger partial charge in [-0.2, -0.15) is 0 Å². The number of nitrogens with one attached hydrogen (secondary N) is 1. The van der Waals surface area contributed by atoms with Crippen molar-refractivity contribution in [3.8, 4) is 0 Å². The zero-order valence-electron chi connectivity index (χ0n) is 10.2. The van der Waals surface area contributed by atoms with Crippen LogP contribution in [0.3, 0.4) is 0 Å². The van der Waals surface area contributed by atoms with Crippen LogP contribution < -0.4 is 5.32 Å². The van der Waals surface area contributed by atoms with Crippen LogP contribution in [0.1, 0.15) is 24.9 Å².